The molecular formula is C18H16O. The fourth-order valence-electron chi connectivity index (χ4n) is 2.24. The molecule has 0 N–H and O–H groups in total. The van der Waals surface area contributed by atoms with E-state index >= 15 is 0 Å². The largest absolute Gasteiger partial charge is 0.456 e. The molecule has 0 atom stereocenters. The monoisotopic (exact) mass is 248 g/mol. The van der Waals surface area contributed by atoms with Gasteiger partial charge in [0.25, 0.3) is 0 Å². The predicted molar refractivity (Wildman–Crippen MR) is 80.8 cm³/mol. The normalized spacial score (nSPS) is 11.9. The van der Waals surface area contributed by atoms with Gasteiger partial charge in [0.2, 0.25) is 0 Å². The Kier molecular flexibility index (Phi) is 3.20. The first-order valence-corrected chi connectivity index (χ1v) is 6.61. The van der Waals surface area contributed by atoms with Gasteiger partial charge < -0.3 is 4.42 Å². The lowest BCUT2D eigenvalue weighted by molar-refractivity contribution is 0.597. The lowest BCUT2D eigenvalue weighted by Crippen LogP contribution is -1.79. The predicted octanol–water partition coefficient (Wildman–Crippen LogP) is 5.38. The van der Waals surface area contributed by atoms with Gasteiger partial charge in [-0.3, -0.25) is 0 Å². The van der Waals surface area contributed by atoms with Gasteiger partial charge in [0.15, 0.2) is 0 Å². The number of hydrogen-bond acceptors (Lipinski definition) is 1. The summed E-state index contributed by atoms with van der Waals surface area (Å²) in [4.78, 5) is 0. The maximum Gasteiger partial charge on any atom is 0.134 e. The molecule has 0 amide bonds. The summed E-state index contributed by atoms with van der Waals surface area (Å²) in [5, 5.41) is 1.16. The van der Waals surface area contributed by atoms with Gasteiger partial charge in [0, 0.05) is 5.39 Å². The summed E-state index contributed by atoms with van der Waals surface area (Å²) in [5.74, 6) is 0.965. The van der Waals surface area contributed by atoms with E-state index in [0.29, 0.717) is 0 Å². The first-order valence-electron chi connectivity index (χ1n) is 6.61. The number of allylic oxidation sites excluding steroid dienone is 1. The molecular weight excluding hydrogens is 232 g/mol. The van der Waals surface area contributed by atoms with E-state index in [2.05, 4.69) is 49.4 Å². The van der Waals surface area contributed by atoms with Gasteiger partial charge >= 0.3 is 0 Å². The molecule has 0 bridgehead atoms. The molecule has 1 heterocycles. The second-order valence-corrected chi connectivity index (χ2v) is 4.58. The zero-order chi connectivity index (χ0) is 13.1. The Morgan fingerprint density at radius 2 is 1.74 bits per heavy atom. The van der Waals surface area contributed by atoms with Gasteiger partial charge in [-0.1, -0.05) is 55.5 Å². The maximum atomic E-state index is 5.92. The van der Waals surface area contributed by atoms with Crippen molar-refractivity contribution >= 4 is 22.6 Å². The molecule has 3 rings (SSSR count). The Hall–Kier alpha value is -2.28. The fourth-order valence-corrected chi connectivity index (χ4v) is 2.24. The Morgan fingerprint density at radius 1 is 1.00 bits per heavy atom. The number of hydrogen-bond donors (Lipinski definition) is 0. The zero-order valence-electron chi connectivity index (χ0n) is 11.0. The molecule has 2 aromatic carbocycles. The highest BCUT2D eigenvalue weighted by molar-refractivity contribution is 5.86. The number of rotatable bonds is 3. The van der Waals surface area contributed by atoms with Crippen LogP contribution in [-0.2, 0) is 0 Å². The summed E-state index contributed by atoms with van der Waals surface area (Å²) >= 11 is 0. The van der Waals surface area contributed by atoms with Gasteiger partial charge in [0.05, 0.1) is 0 Å². The summed E-state index contributed by atoms with van der Waals surface area (Å²) in [6, 6.07) is 20.6. The standard InChI is InChI=1S/C18H16O/c1-2-15(12-14-8-4-3-5-9-14)18-13-16-10-6-7-11-17(16)19-18/h3-13H,2H2,1H3/b15-12+. The minimum atomic E-state index is 0.949. The first-order chi connectivity index (χ1) is 9.36. The summed E-state index contributed by atoms with van der Waals surface area (Å²) < 4.78 is 5.92. The molecule has 3 aromatic rings. The van der Waals surface area contributed by atoms with Crippen molar-refractivity contribution in [3.05, 3.63) is 72.0 Å². The average molecular weight is 248 g/mol. The summed E-state index contributed by atoms with van der Waals surface area (Å²) in [5.41, 5.74) is 3.38. The van der Waals surface area contributed by atoms with Gasteiger partial charge in [-0.15, -0.1) is 0 Å². The third-order valence-electron chi connectivity index (χ3n) is 3.26. The van der Waals surface area contributed by atoms with E-state index in [1.165, 1.54) is 11.1 Å². The second kappa shape index (κ2) is 5.15. The van der Waals surface area contributed by atoms with Crippen LogP contribution in [0, 0.1) is 0 Å². The quantitative estimate of drug-likeness (QED) is 0.606. The Bertz CT molecular complexity index is 672. The summed E-state index contributed by atoms with van der Waals surface area (Å²) in [7, 11) is 0. The number of furan rings is 1. The van der Waals surface area contributed by atoms with Gasteiger partial charge in [-0.05, 0) is 35.8 Å². The van der Waals surface area contributed by atoms with Crippen LogP contribution in [0.4, 0.5) is 0 Å². The van der Waals surface area contributed by atoms with E-state index in [4.69, 9.17) is 4.42 Å². The third kappa shape index (κ3) is 2.45. The molecule has 0 aliphatic rings. The Morgan fingerprint density at radius 3 is 2.47 bits per heavy atom. The number of fused-ring (bicyclic) bond motifs is 1. The zero-order valence-corrected chi connectivity index (χ0v) is 11.0. The molecule has 0 aliphatic carbocycles. The van der Waals surface area contributed by atoms with Crippen LogP contribution in [0.5, 0.6) is 0 Å². The maximum absolute atomic E-state index is 5.92. The SMILES string of the molecule is CC/C(=C\c1ccccc1)c1cc2ccccc2o1. The molecule has 0 spiro atoms. The topological polar surface area (TPSA) is 13.1 Å². The molecule has 0 aliphatic heterocycles. The van der Waals surface area contributed by atoms with Crippen LogP contribution in [0.1, 0.15) is 24.7 Å². The highest BCUT2D eigenvalue weighted by atomic mass is 16.3. The van der Waals surface area contributed by atoms with Crippen molar-refractivity contribution in [3.63, 3.8) is 0 Å². The lowest BCUT2D eigenvalue weighted by Gasteiger charge is -2.00. The van der Waals surface area contributed by atoms with E-state index in [1.54, 1.807) is 0 Å². The molecule has 1 heteroatoms. The molecule has 0 unspecified atom stereocenters. The third-order valence-corrected chi connectivity index (χ3v) is 3.26. The van der Waals surface area contributed by atoms with Crippen molar-refractivity contribution in [3.8, 4) is 0 Å². The van der Waals surface area contributed by atoms with Crippen molar-refractivity contribution in [2.24, 2.45) is 0 Å². The van der Waals surface area contributed by atoms with E-state index in [0.717, 1.165) is 23.2 Å². The van der Waals surface area contributed by atoms with Gasteiger partial charge in [-0.2, -0.15) is 0 Å². The molecule has 0 saturated carbocycles. The smallest absolute Gasteiger partial charge is 0.134 e. The van der Waals surface area contributed by atoms with Gasteiger partial charge in [0.1, 0.15) is 11.3 Å². The molecule has 0 fully saturated rings. The van der Waals surface area contributed by atoms with Crippen LogP contribution in [0.3, 0.4) is 0 Å². The molecule has 0 radical (unpaired) electrons. The van der Waals surface area contributed by atoms with Crippen LogP contribution in [-0.4, -0.2) is 0 Å². The number of para-hydroxylation sites is 1. The van der Waals surface area contributed by atoms with E-state index in [9.17, 15) is 0 Å². The van der Waals surface area contributed by atoms with Crippen LogP contribution >= 0.6 is 0 Å². The fraction of sp³-hybridized carbons (Fsp3) is 0.111. The summed E-state index contributed by atoms with van der Waals surface area (Å²) in [6.07, 6.45) is 3.15. The molecule has 1 nitrogen and oxygen atoms in total. The van der Waals surface area contributed by atoms with E-state index in [1.807, 2.05) is 24.3 Å². The van der Waals surface area contributed by atoms with E-state index in [-0.39, 0.29) is 0 Å². The number of benzene rings is 2. The highest BCUT2D eigenvalue weighted by Gasteiger charge is 2.07. The van der Waals surface area contributed by atoms with Gasteiger partial charge in [-0.25, -0.2) is 0 Å². The van der Waals surface area contributed by atoms with Crippen molar-refractivity contribution in [2.75, 3.05) is 0 Å². The van der Waals surface area contributed by atoms with Crippen LogP contribution in [0.2, 0.25) is 0 Å². The lowest BCUT2D eigenvalue weighted by atomic mass is 10.1. The highest BCUT2D eigenvalue weighted by Crippen LogP contribution is 2.27. The first kappa shape index (κ1) is 11.8. The molecule has 0 saturated heterocycles. The van der Waals surface area contributed by atoms with Crippen LogP contribution in [0.15, 0.2) is 65.1 Å². The van der Waals surface area contributed by atoms with Crippen LogP contribution < -0.4 is 0 Å². The minimum Gasteiger partial charge on any atom is -0.456 e. The Labute approximate surface area is 113 Å². The van der Waals surface area contributed by atoms with Crippen molar-refractivity contribution in [1.82, 2.24) is 0 Å². The molecule has 19 heavy (non-hydrogen) atoms. The minimum absolute atomic E-state index is 0.949. The van der Waals surface area contributed by atoms with E-state index < -0.39 is 0 Å². The van der Waals surface area contributed by atoms with Crippen molar-refractivity contribution in [1.29, 1.82) is 0 Å². The Balaban J connectivity index is 2.04. The molecule has 1 aromatic heterocycles. The second-order valence-electron chi connectivity index (χ2n) is 4.58. The van der Waals surface area contributed by atoms with Crippen molar-refractivity contribution < 1.29 is 4.42 Å². The summed E-state index contributed by atoms with van der Waals surface area (Å²) in [6.45, 7) is 2.15. The average Bonchev–Trinajstić information content (AvgIpc) is 2.89. The van der Waals surface area contributed by atoms with Crippen molar-refractivity contribution in [2.45, 2.75) is 13.3 Å². The molecule has 94 valence electrons. The van der Waals surface area contributed by atoms with Crippen LogP contribution in [0.25, 0.3) is 22.6 Å².